The van der Waals surface area contributed by atoms with Gasteiger partial charge in [0.05, 0.1) is 6.07 Å². The van der Waals surface area contributed by atoms with Crippen molar-refractivity contribution in [1.29, 1.82) is 5.26 Å². The number of nitrogens with zero attached hydrogens (tertiary/aromatic N) is 1. The van der Waals surface area contributed by atoms with Crippen LogP contribution in [0.1, 0.15) is 44.9 Å². The molecule has 0 bridgehead atoms. The highest BCUT2D eigenvalue weighted by Gasteiger charge is 2.14. The number of nitrogens with one attached hydrogen (secondary N) is 1. The maximum absolute atomic E-state index is 11.2. The summed E-state index contributed by atoms with van der Waals surface area (Å²) in [5, 5.41) is 10.8. The maximum Gasteiger partial charge on any atom is 0.220 e. The lowest BCUT2D eigenvalue weighted by atomic mass is 9.86. The first-order chi connectivity index (χ1) is 6.83. The topological polar surface area (TPSA) is 52.9 Å². The molecule has 1 saturated carbocycles. The van der Waals surface area contributed by atoms with Crippen LogP contribution in [0.4, 0.5) is 0 Å². The molecule has 1 rings (SSSR count). The SMILES string of the molecule is N#CCNC(=O)CCC1CCCCC1. The van der Waals surface area contributed by atoms with E-state index in [9.17, 15) is 4.79 Å². The number of nitriles is 1. The van der Waals surface area contributed by atoms with Gasteiger partial charge in [-0.05, 0) is 12.3 Å². The fourth-order valence-corrected chi connectivity index (χ4v) is 2.04. The lowest BCUT2D eigenvalue weighted by molar-refractivity contribution is -0.121. The summed E-state index contributed by atoms with van der Waals surface area (Å²) in [5.41, 5.74) is 0. The van der Waals surface area contributed by atoms with E-state index in [0.29, 0.717) is 6.42 Å². The van der Waals surface area contributed by atoms with E-state index in [1.54, 1.807) is 0 Å². The normalized spacial score (nSPS) is 17.4. The first-order valence-corrected chi connectivity index (χ1v) is 5.46. The number of rotatable bonds is 4. The average molecular weight is 194 g/mol. The molecule has 1 fully saturated rings. The van der Waals surface area contributed by atoms with Crippen LogP contribution in [-0.2, 0) is 4.79 Å². The van der Waals surface area contributed by atoms with Crippen molar-refractivity contribution in [2.24, 2.45) is 5.92 Å². The van der Waals surface area contributed by atoms with Gasteiger partial charge >= 0.3 is 0 Å². The molecule has 0 aromatic heterocycles. The van der Waals surface area contributed by atoms with Crippen molar-refractivity contribution in [2.45, 2.75) is 44.9 Å². The van der Waals surface area contributed by atoms with Crippen LogP contribution in [0.3, 0.4) is 0 Å². The van der Waals surface area contributed by atoms with Crippen molar-refractivity contribution >= 4 is 5.91 Å². The van der Waals surface area contributed by atoms with Gasteiger partial charge in [0.25, 0.3) is 0 Å². The van der Waals surface area contributed by atoms with Crippen molar-refractivity contribution in [1.82, 2.24) is 5.32 Å². The number of hydrogen-bond acceptors (Lipinski definition) is 2. The lowest BCUT2D eigenvalue weighted by Gasteiger charge is -2.20. The van der Waals surface area contributed by atoms with Gasteiger partial charge in [-0.15, -0.1) is 0 Å². The van der Waals surface area contributed by atoms with Gasteiger partial charge in [0.15, 0.2) is 0 Å². The van der Waals surface area contributed by atoms with Crippen molar-refractivity contribution in [3.63, 3.8) is 0 Å². The van der Waals surface area contributed by atoms with Gasteiger partial charge in [-0.2, -0.15) is 5.26 Å². The molecule has 0 aliphatic heterocycles. The quantitative estimate of drug-likeness (QED) is 0.696. The first kappa shape index (κ1) is 11.0. The third-order valence-corrected chi connectivity index (χ3v) is 2.87. The van der Waals surface area contributed by atoms with Gasteiger partial charge < -0.3 is 5.32 Å². The number of amides is 1. The fourth-order valence-electron chi connectivity index (χ4n) is 2.04. The Morgan fingerprint density at radius 3 is 2.71 bits per heavy atom. The summed E-state index contributed by atoms with van der Waals surface area (Å²) in [6.07, 6.45) is 8.16. The van der Waals surface area contributed by atoms with Gasteiger partial charge in [-0.3, -0.25) is 4.79 Å². The van der Waals surface area contributed by atoms with Crippen molar-refractivity contribution in [2.75, 3.05) is 6.54 Å². The molecule has 3 heteroatoms. The van der Waals surface area contributed by atoms with E-state index in [0.717, 1.165) is 12.3 Å². The zero-order valence-corrected chi connectivity index (χ0v) is 8.59. The molecule has 0 radical (unpaired) electrons. The van der Waals surface area contributed by atoms with Crippen LogP contribution >= 0.6 is 0 Å². The second kappa shape index (κ2) is 6.42. The molecular formula is C11H18N2O. The van der Waals surface area contributed by atoms with E-state index in [2.05, 4.69) is 5.32 Å². The van der Waals surface area contributed by atoms with Crippen LogP contribution in [0.5, 0.6) is 0 Å². The number of carbonyl (C=O) groups is 1. The molecule has 1 N–H and O–H groups in total. The zero-order valence-electron chi connectivity index (χ0n) is 8.59. The minimum Gasteiger partial charge on any atom is -0.343 e. The molecule has 0 unspecified atom stereocenters. The van der Waals surface area contributed by atoms with Gasteiger partial charge in [0.1, 0.15) is 6.54 Å². The van der Waals surface area contributed by atoms with E-state index in [4.69, 9.17) is 5.26 Å². The number of hydrogen-bond donors (Lipinski definition) is 1. The second-order valence-corrected chi connectivity index (χ2v) is 3.98. The first-order valence-electron chi connectivity index (χ1n) is 5.46. The largest absolute Gasteiger partial charge is 0.343 e. The molecule has 78 valence electrons. The van der Waals surface area contributed by atoms with Crippen LogP contribution in [-0.4, -0.2) is 12.5 Å². The molecule has 14 heavy (non-hydrogen) atoms. The Kier molecular flexibility index (Phi) is 5.06. The molecule has 0 heterocycles. The van der Waals surface area contributed by atoms with E-state index in [-0.39, 0.29) is 12.5 Å². The summed E-state index contributed by atoms with van der Waals surface area (Å²) in [4.78, 5) is 11.2. The molecule has 1 amide bonds. The Morgan fingerprint density at radius 1 is 1.36 bits per heavy atom. The van der Waals surface area contributed by atoms with Crippen LogP contribution < -0.4 is 5.32 Å². The molecule has 1 aliphatic rings. The fraction of sp³-hybridized carbons (Fsp3) is 0.818. The zero-order chi connectivity index (χ0) is 10.2. The van der Waals surface area contributed by atoms with E-state index in [1.807, 2.05) is 6.07 Å². The molecule has 0 aromatic rings. The summed E-state index contributed by atoms with van der Waals surface area (Å²) in [6.45, 7) is 0.142. The van der Waals surface area contributed by atoms with Gasteiger partial charge in [0, 0.05) is 6.42 Å². The summed E-state index contributed by atoms with van der Waals surface area (Å²) in [6, 6.07) is 1.90. The van der Waals surface area contributed by atoms with Gasteiger partial charge in [0.2, 0.25) is 5.91 Å². The van der Waals surface area contributed by atoms with Crippen LogP contribution in [0.15, 0.2) is 0 Å². The highest BCUT2D eigenvalue weighted by atomic mass is 16.1. The summed E-state index contributed by atoms with van der Waals surface area (Å²) in [5.74, 6) is 0.772. The summed E-state index contributed by atoms with van der Waals surface area (Å²) >= 11 is 0. The third kappa shape index (κ3) is 4.27. The highest BCUT2D eigenvalue weighted by molar-refractivity contribution is 5.76. The smallest absolute Gasteiger partial charge is 0.220 e. The van der Waals surface area contributed by atoms with Crippen molar-refractivity contribution in [3.8, 4) is 6.07 Å². The Balaban J connectivity index is 2.07. The highest BCUT2D eigenvalue weighted by Crippen LogP contribution is 2.26. The molecular weight excluding hydrogens is 176 g/mol. The van der Waals surface area contributed by atoms with E-state index < -0.39 is 0 Å². The summed E-state index contributed by atoms with van der Waals surface area (Å²) in [7, 11) is 0. The van der Waals surface area contributed by atoms with Gasteiger partial charge in [-0.1, -0.05) is 32.1 Å². The van der Waals surface area contributed by atoms with Gasteiger partial charge in [-0.25, -0.2) is 0 Å². The second-order valence-electron chi connectivity index (χ2n) is 3.98. The van der Waals surface area contributed by atoms with E-state index in [1.165, 1.54) is 32.1 Å². The maximum atomic E-state index is 11.2. The monoisotopic (exact) mass is 194 g/mol. The van der Waals surface area contributed by atoms with E-state index >= 15 is 0 Å². The van der Waals surface area contributed by atoms with Crippen LogP contribution in [0.2, 0.25) is 0 Å². The number of carbonyl (C=O) groups excluding carboxylic acids is 1. The Labute approximate surface area is 85.5 Å². The predicted molar refractivity (Wildman–Crippen MR) is 54.4 cm³/mol. The third-order valence-electron chi connectivity index (χ3n) is 2.87. The van der Waals surface area contributed by atoms with Crippen molar-refractivity contribution < 1.29 is 4.79 Å². The Morgan fingerprint density at radius 2 is 2.07 bits per heavy atom. The Hall–Kier alpha value is -1.04. The predicted octanol–water partition coefficient (Wildman–Crippen LogP) is 1.99. The molecule has 0 spiro atoms. The molecule has 0 aromatic carbocycles. The minimum atomic E-state index is 0.0251. The lowest BCUT2D eigenvalue weighted by Crippen LogP contribution is -2.24. The average Bonchev–Trinajstić information content (AvgIpc) is 2.25. The Bertz CT molecular complexity index is 214. The van der Waals surface area contributed by atoms with Crippen molar-refractivity contribution in [3.05, 3.63) is 0 Å². The molecule has 1 aliphatic carbocycles. The van der Waals surface area contributed by atoms with Crippen LogP contribution in [0, 0.1) is 17.2 Å². The molecule has 3 nitrogen and oxygen atoms in total. The standard InChI is InChI=1S/C11H18N2O/c12-8-9-13-11(14)7-6-10-4-2-1-3-5-10/h10H,1-7,9H2,(H,13,14). The molecule has 0 saturated heterocycles. The summed E-state index contributed by atoms with van der Waals surface area (Å²) < 4.78 is 0. The minimum absolute atomic E-state index is 0.0251. The van der Waals surface area contributed by atoms with Crippen LogP contribution in [0.25, 0.3) is 0 Å². The molecule has 0 atom stereocenters.